The first-order valence-corrected chi connectivity index (χ1v) is 10.8. The maximum absolute atomic E-state index is 13.2. The van der Waals surface area contributed by atoms with Crippen molar-refractivity contribution in [1.82, 2.24) is 5.16 Å². The molecular weight excluding hydrogens is 444 g/mol. The van der Waals surface area contributed by atoms with Crippen LogP contribution in [0.1, 0.15) is 48.3 Å². The summed E-state index contributed by atoms with van der Waals surface area (Å²) in [5, 5.41) is 15.4. The second kappa shape index (κ2) is 8.75. The molecule has 3 aromatic rings. The molecule has 33 heavy (non-hydrogen) atoms. The monoisotopic (exact) mass is 466 g/mol. The average molecular weight is 467 g/mol. The van der Waals surface area contributed by atoms with E-state index in [0.717, 1.165) is 5.56 Å². The molecule has 1 atom stereocenters. The fraction of sp³-hybridized carbons (Fsp3) is 0.240. The second-order valence-corrected chi connectivity index (χ2v) is 8.54. The van der Waals surface area contributed by atoms with Crippen molar-refractivity contribution in [2.24, 2.45) is 0 Å². The highest BCUT2D eigenvalue weighted by Gasteiger charge is 2.48. The van der Waals surface area contributed by atoms with Gasteiger partial charge in [0.1, 0.15) is 17.3 Å². The minimum atomic E-state index is -0.892. The van der Waals surface area contributed by atoms with Crippen LogP contribution in [0.4, 0.5) is 5.82 Å². The number of halogens is 1. The Balaban J connectivity index is 1.91. The van der Waals surface area contributed by atoms with E-state index in [1.54, 1.807) is 25.1 Å². The molecule has 7 nitrogen and oxygen atoms in total. The van der Waals surface area contributed by atoms with E-state index in [2.05, 4.69) is 19.0 Å². The lowest BCUT2D eigenvalue weighted by Crippen LogP contribution is -2.29. The number of hydrogen-bond acceptors (Lipinski definition) is 6. The topological polar surface area (TPSA) is 92.9 Å². The summed E-state index contributed by atoms with van der Waals surface area (Å²) >= 11 is 6.23. The number of methoxy groups -OCH3 is 1. The summed E-state index contributed by atoms with van der Waals surface area (Å²) < 4.78 is 10.3. The summed E-state index contributed by atoms with van der Waals surface area (Å²) in [5.41, 5.74) is 1.99. The van der Waals surface area contributed by atoms with Crippen molar-refractivity contribution in [2.75, 3.05) is 12.0 Å². The van der Waals surface area contributed by atoms with Crippen molar-refractivity contribution in [3.8, 4) is 5.75 Å². The molecule has 1 aromatic heterocycles. The number of anilines is 1. The van der Waals surface area contributed by atoms with Gasteiger partial charge in [0.05, 0.1) is 23.7 Å². The molecule has 2 heterocycles. The molecule has 0 radical (unpaired) electrons. The van der Waals surface area contributed by atoms with Gasteiger partial charge in [-0.05, 0) is 42.2 Å². The van der Waals surface area contributed by atoms with E-state index in [1.165, 1.54) is 18.1 Å². The number of aliphatic hydroxyl groups excluding tert-OH is 1. The third-order valence-electron chi connectivity index (χ3n) is 5.65. The second-order valence-electron chi connectivity index (χ2n) is 8.14. The fourth-order valence-electron chi connectivity index (χ4n) is 3.88. The molecule has 1 aliphatic heterocycles. The predicted octanol–water partition coefficient (Wildman–Crippen LogP) is 5.39. The van der Waals surface area contributed by atoms with Crippen LogP contribution in [0.5, 0.6) is 5.75 Å². The number of Topliss-reactive ketones (excluding diaryl/α,β-unsaturated/α-hetero) is 1. The van der Waals surface area contributed by atoms with E-state index < -0.39 is 17.7 Å². The minimum Gasteiger partial charge on any atom is -0.507 e. The minimum absolute atomic E-state index is 0.0563. The molecule has 0 saturated carbocycles. The van der Waals surface area contributed by atoms with E-state index in [0.29, 0.717) is 28.6 Å². The molecule has 1 N–H and O–H groups in total. The van der Waals surface area contributed by atoms with Crippen LogP contribution in [0.25, 0.3) is 5.76 Å². The highest BCUT2D eigenvalue weighted by atomic mass is 35.5. The Morgan fingerprint density at radius 3 is 2.39 bits per heavy atom. The molecule has 1 saturated heterocycles. The first-order chi connectivity index (χ1) is 15.7. The number of rotatable bonds is 5. The molecule has 170 valence electrons. The lowest BCUT2D eigenvalue weighted by atomic mass is 9.93. The number of aliphatic hydroxyl groups is 1. The van der Waals surface area contributed by atoms with Crippen molar-refractivity contribution >= 4 is 34.9 Å². The smallest absolute Gasteiger partial charge is 0.301 e. The number of benzene rings is 2. The summed E-state index contributed by atoms with van der Waals surface area (Å²) in [6, 6.07) is 12.9. The molecule has 0 spiro atoms. The van der Waals surface area contributed by atoms with E-state index >= 15 is 0 Å². The molecule has 2 aromatic carbocycles. The zero-order valence-electron chi connectivity index (χ0n) is 18.6. The third kappa shape index (κ3) is 4.00. The van der Waals surface area contributed by atoms with Gasteiger partial charge in [0, 0.05) is 11.6 Å². The molecule has 1 unspecified atom stereocenters. The van der Waals surface area contributed by atoms with Crippen molar-refractivity contribution in [1.29, 1.82) is 0 Å². The molecule has 0 bridgehead atoms. The first-order valence-electron chi connectivity index (χ1n) is 10.4. The molecule has 1 amide bonds. The molecule has 8 heteroatoms. The Hall–Kier alpha value is -3.58. The zero-order chi connectivity index (χ0) is 23.9. The Labute approximate surface area is 196 Å². The standard InChI is InChI=1S/C25H23ClN2O5/c1-13(2)15-5-7-16(8-6-15)22-21(23(29)17-9-10-19(32-4)18(26)12-17)24(30)25(31)28(22)20-11-14(3)33-27-20/h5-13,22,29H,1-4H3/b23-21+. The van der Waals surface area contributed by atoms with Gasteiger partial charge in [-0.2, -0.15) is 0 Å². The number of hydrogen-bond donors (Lipinski definition) is 1. The van der Waals surface area contributed by atoms with E-state index in [9.17, 15) is 14.7 Å². The van der Waals surface area contributed by atoms with Crippen LogP contribution in [-0.2, 0) is 9.59 Å². The predicted molar refractivity (Wildman–Crippen MR) is 125 cm³/mol. The van der Waals surface area contributed by atoms with E-state index in [1.807, 2.05) is 24.3 Å². The highest BCUT2D eigenvalue weighted by molar-refractivity contribution is 6.51. The number of aryl methyl sites for hydroxylation is 1. The van der Waals surface area contributed by atoms with Gasteiger partial charge >= 0.3 is 5.91 Å². The van der Waals surface area contributed by atoms with Crippen LogP contribution in [0, 0.1) is 6.92 Å². The van der Waals surface area contributed by atoms with Gasteiger partial charge in [-0.1, -0.05) is 54.9 Å². The summed E-state index contributed by atoms with van der Waals surface area (Å²) in [7, 11) is 1.48. The van der Waals surface area contributed by atoms with Crippen LogP contribution < -0.4 is 9.64 Å². The van der Waals surface area contributed by atoms with Crippen LogP contribution in [0.2, 0.25) is 5.02 Å². The molecule has 1 fully saturated rings. The van der Waals surface area contributed by atoms with Crippen LogP contribution >= 0.6 is 11.6 Å². The normalized spacial score (nSPS) is 17.8. The summed E-state index contributed by atoms with van der Waals surface area (Å²) in [5.74, 6) is -0.543. The maximum atomic E-state index is 13.2. The summed E-state index contributed by atoms with van der Waals surface area (Å²) in [6.07, 6.45) is 0. The van der Waals surface area contributed by atoms with Crippen molar-refractivity contribution in [3.05, 3.63) is 81.6 Å². The van der Waals surface area contributed by atoms with Crippen LogP contribution in [0.15, 0.2) is 58.6 Å². The zero-order valence-corrected chi connectivity index (χ0v) is 19.4. The summed E-state index contributed by atoms with van der Waals surface area (Å²) in [4.78, 5) is 27.5. The molecule has 4 rings (SSSR count). The lowest BCUT2D eigenvalue weighted by Gasteiger charge is -2.23. The SMILES string of the molecule is COc1ccc(/C(O)=C2\C(=O)C(=O)N(c3cc(C)on3)C2c2ccc(C(C)C)cc2)cc1Cl. The summed E-state index contributed by atoms with van der Waals surface area (Å²) in [6.45, 7) is 5.85. The quantitative estimate of drug-likeness (QED) is 0.307. The molecular formula is C25H23ClN2O5. The Morgan fingerprint density at radius 1 is 1.15 bits per heavy atom. The molecule has 1 aliphatic rings. The van der Waals surface area contributed by atoms with Crippen molar-refractivity contribution < 1.29 is 24.0 Å². The first kappa shape index (κ1) is 22.6. The van der Waals surface area contributed by atoms with Gasteiger partial charge in [0.15, 0.2) is 5.82 Å². The van der Waals surface area contributed by atoms with Crippen molar-refractivity contribution in [2.45, 2.75) is 32.7 Å². The molecule has 0 aliphatic carbocycles. The van der Waals surface area contributed by atoms with Crippen molar-refractivity contribution in [3.63, 3.8) is 0 Å². The number of ketones is 1. The third-order valence-corrected chi connectivity index (χ3v) is 5.95. The highest BCUT2D eigenvalue weighted by Crippen LogP contribution is 2.42. The van der Waals surface area contributed by atoms with Gasteiger partial charge in [-0.15, -0.1) is 0 Å². The number of nitrogens with zero attached hydrogens (tertiary/aromatic N) is 2. The van der Waals surface area contributed by atoms with Crippen LogP contribution in [-0.4, -0.2) is 29.1 Å². The Kier molecular flexibility index (Phi) is 5.99. The van der Waals surface area contributed by atoms with Crippen LogP contribution in [0.3, 0.4) is 0 Å². The number of ether oxygens (including phenoxy) is 1. The maximum Gasteiger partial charge on any atom is 0.301 e. The number of carbonyl (C=O) groups is 2. The number of carbonyl (C=O) groups excluding carboxylic acids is 2. The number of aromatic nitrogens is 1. The van der Waals surface area contributed by atoms with Gasteiger partial charge in [0.25, 0.3) is 5.78 Å². The van der Waals surface area contributed by atoms with E-state index in [4.69, 9.17) is 20.9 Å². The van der Waals surface area contributed by atoms with Gasteiger partial charge in [-0.3, -0.25) is 14.5 Å². The van der Waals surface area contributed by atoms with Gasteiger partial charge in [-0.25, -0.2) is 0 Å². The van der Waals surface area contributed by atoms with E-state index in [-0.39, 0.29) is 22.2 Å². The Bertz CT molecular complexity index is 1260. The largest absolute Gasteiger partial charge is 0.507 e. The fourth-order valence-corrected chi connectivity index (χ4v) is 4.14. The average Bonchev–Trinajstić information content (AvgIpc) is 3.34. The van der Waals surface area contributed by atoms with Gasteiger partial charge < -0.3 is 14.4 Å². The number of amides is 1. The van der Waals surface area contributed by atoms with Gasteiger partial charge in [0.2, 0.25) is 0 Å². The Morgan fingerprint density at radius 2 is 1.85 bits per heavy atom. The lowest BCUT2D eigenvalue weighted by molar-refractivity contribution is -0.132.